The summed E-state index contributed by atoms with van der Waals surface area (Å²) in [4.78, 5) is 1.10. The number of hydrogen-bond donors (Lipinski definition) is 1. The molecule has 1 N–H and O–H groups in total. The van der Waals surface area contributed by atoms with Crippen LogP contribution in [0.2, 0.25) is 0 Å². The van der Waals surface area contributed by atoms with Crippen molar-refractivity contribution in [2.45, 2.75) is 38.6 Å². The molecule has 0 saturated carbocycles. The molecule has 2 aromatic heterocycles. The number of rotatable bonds is 8. The third kappa shape index (κ3) is 4.28. The first kappa shape index (κ1) is 18.9. The number of hydrogen-bond acceptors (Lipinski definition) is 6. The van der Waals surface area contributed by atoms with Crippen molar-refractivity contribution in [2.75, 3.05) is 12.4 Å². The molecule has 1 atom stereocenters. The van der Waals surface area contributed by atoms with Gasteiger partial charge in [0.25, 0.3) is 0 Å². The number of thiophene rings is 1. The summed E-state index contributed by atoms with van der Waals surface area (Å²) in [5.41, 5.74) is 2.16. The lowest BCUT2D eigenvalue weighted by molar-refractivity contribution is 0.125. The summed E-state index contributed by atoms with van der Waals surface area (Å²) in [6.07, 6.45) is -0.578. The Hall–Kier alpha value is -1.83. The number of thioether (sulfide) groups is 1. The molecule has 0 fully saturated rings. The smallest absolute Gasteiger partial charge is 0.191 e. The summed E-state index contributed by atoms with van der Waals surface area (Å²) < 4.78 is 7.91. The molecule has 3 aromatic rings. The first-order valence-electron chi connectivity index (χ1n) is 8.57. The number of aryl methyl sites for hydroxylation is 2. The van der Waals surface area contributed by atoms with Crippen LogP contribution in [0.5, 0.6) is 5.75 Å². The Morgan fingerprint density at radius 1 is 1.19 bits per heavy atom. The first-order chi connectivity index (χ1) is 12.6. The zero-order valence-corrected chi connectivity index (χ0v) is 16.8. The lowest BCUT2D eigenvalue weighted by Crippen LogP contribution is -2.21. The molecule has 5 nitrogen and oxygen atoms in total. The topological polar surface area (TPSA) is 60.2 Å². The molecule has 0 amide bonds. The van der Waals surface area contributed by atoms with Gasteiger partial charge in [-0.15, -0.1) is 21.5 Å². The average Bonchev–Trinajstić information content (AvgIpc) is 3.28. The highest BCUT2D eigenvalue weighted by molar-refractivity contribution is 7.99. The SMILES string of the molecule is CCn1c(SC[C@H](O)COc2c(C)cccc2C)nnc1-c1cccs1. The van der Waals surface area contributed by atoms with Crippen molar-refractivity contribution in [3.05, 3.63) is 46.8 Å². The summed E-state index contributed by atoms with van der Waals surface area (Å²) in [6, 6.07) is 10.1. The summed E-state index contributed by atoms with van der Waals surface area (Å²) in [7, 11) is 0. The molecular weight excluding hydrogens is 366 g/mol. The van der Waals surface area contributed by atoms with Gasteiger partial charge >= 0.3 is 0 Å². The third-order valence-corrected chi connectivity index (χ3v) is 5.99. The number of ether oxygens (including phenoxy) is 1. The Labute approximate surface area is 162 Å². The fourth-order valence-electron chi connectivity index (χ4n) is 2.69. The monoisotopic (exact) mass is 389 g/mol. The molecule has 0 aliphatic carbocycles. The standard InChI is InChI=1S/C19H23N3O2S2/c1-4-22-18(16-9-6-10-25-16)20-21-19(22)26-12-15(23)11-24-17-13(2)7-5-8-14(17)3/h5-10,15,23H,4,11-12H2,1-3H3/t15-/m1/s1. The van der Waals surface area contributed by atoms with E-state index < -0.39 is 6.10 Å². The van der Waals surface area contributed by atoms with Gasteiger partial charge in [0, 0.05) is 12.3 Å². The van der Waals surface area contributed by atoms with E-state index in [1.807, 2.05) is 49.6 Å². The van der Waals surface area contributed by atoms with Gasteiger partial charge in [0.2, 0.25) is 0 Å². The zero-order valence-electron chi connectivity index (χ0n) is 15.2. The van der Waals surface area contributed by atoms with Gasteiger partial charge < -0.3 is 14.4 Å². The average molecular weight is 390 g/mol. The molecule has 0 aliphatic heterocycles. The summed E-state index contributed by atoms with van der Waals surface area (Å²) >= 11 is 3.16. The maximum atomic E-state index is 10.3. The van der Waals surface area contributed by atoms with Crippen LogP contribution in [0.25, 0.3) is 10.7 Å². The quantitative estimate of drug-likeness (QED) is 0.586. The van der Waals surface area contributed by atoms with Crippen LogP contribution >= 0.6 is 23.1 Å². The fourth-order valence-corrected chi connectivity index (χ4v) is 4.32. The van der Waals surface area contributed by atoms with E-state index in [1.165, 1.54) is 11.8 Å². The predicted molar refractivity (Wildman–Crippen MR) is 107 cm³/mol. The van der Waals surface area contributed by atoms with E-state index in [2.05, 4.69) is 21.7 Å². The Morgan fingerprint density at radius 2 is 1.96 bits per heavy atom. The van der Waals surface area contributed by atoms with E-state index >= 15 is 0 Å². The van der Waals surface area contributed by atoms with Crippen molar-refractivity contribution in [2.24, 2.45) is 0 Å². The van der Waals surface area contributed by atoms with Gasteiger partial charge in [-0.25, -0.2) is 0 Å². The second kappa shape index (κ2) is 8.70. The highest BCUT2D eigenvalue weighted by Crippen LogP contribution is 2.28. The summed E-state index contributed by atoms with van der Waals surface area (Å²) in [5.74, 6) is 2.24. The second-order valence-electron chi connectivity index (χ2n) is 6.02. The number of para-hydroxylation sites is 1. The van der Waals surface area contributed by atoms with E-state index in [0.717, 1.165) is 39.3 Å². The predicted octanol–water partition coefficient (Wildman–Crippen LogP) is 4.18. The maximum Gasteiger partial charge on any atom is 0.191 e. The maximum absolute atomic E-state index is 10.3. The minimum Gasteiger partial charge on any atom is -0.490 e. The third-order valence-electron chi connectivity index (χ3n) is 4.01. The number of nitrogens with zero attached hydrogens (tertiary/aromatic N) is 3. The highest BCUT2D eigenvalue weighted by atomic mass is 32.2. The van der Waals surface area contributed by atoms with E-state index in [1.54, 1.807) is 11.3 Å². The molecule has 2 heterocycles. The summed E-state index contributed by atoms with van der Waals surface area (Å²) in [5, 5.41) is 21.8. The van der Waals surface area contributed by atoms with Crippen LogP contribution in [0, 0.1) is 13.8 Å². The van der Waals surface area contributed by atoms with Crippen LogP contribution in [0.4, 0.5) is 0 Å². The molecule has 0 unspecified atom stereocenters. The largest absolute Gasteiger partial charge is 0.490 e. The van der Waals surface area contributed by atoms with Crippen LogP contribution in [0.15, 0.2) is 40.9 Å². The van der Waals surface area contributed by atoms with Crippen LogP contribution < -0.4 is 4.74 Å². The van der Waals surface area contributed by atoms with Gasteiger partial charge in [0.05, 0.1) is 11.0 Å². The number of aliphatic hydroxyl groups excluding tert-OH is 1. The van der Waals surface area contributed by atoms with E-state index in [9.17, 15) is 5.11 Å². The van der Waals surface area contributed by atoms with Crippen LogP contribution in [0.1, 0.15) is 18.1 Å². The van der Waals surface area contributed by atoms with Crippen LogP contribution in [0.3, 0.4) is 0 Å². The van der Waals surface area contributed by atoms with E-state index in [4.69, 9.17) is 4.74 Å². The van der Waals surface area contributed by atoms with Gasteiger partial charge in [-0.3, -0.25) is 0 Å². The molecule has 0 saturated heterocycles. The molecule has 26 heavy (non-hydrogen) atoms. The summed E-state index contributed by atoms with van der Waals surface area (Å²) in [6.45, 7) is 7.15. The molecule has 3 rings (SSSR count). The van der Waals surface area contributed by atoms with Crippen molar-refractivity contribution in [1.82, 2.24) is 14.8 Å². The number of aliphatic hydroxyl groups is 1. The Morgan fingerprint density at radius 3 is 2.62 bits per heavy atom. The van der Waals surface area contributed by atoms with Crippen LogP contribution in [-0.4, -0.2) is 38.3 Å². The van der Waals surface area contributed by atoms with Gasteiger partial charge in [0.1, 0.15) is 12.4 Å². The first-order valence-corrected chi connectivity index (χ1v) is 10.4. The molecule has 0 bridgehead atoms. The van der Waals surface area contributed by atoms with Crippen molar-refractivity contribution < 1.29 is 9.84 Å². The minimum atomic E-state index is -0.578. The number of aromatic nitrogens is 3. The normalized spacial score (nSPS) is 12.3. The van der Waals surface area contributed by atoms with Crippen LogP contribution in [-0.2, 0) is 6.54 Å². The Bertz CT molecular complexity index is 826. The minimum absolute atomic E-state index is 0.261. The van der Waals surface area contributed by atoms with Gasteiger partial charge in [-0.2, -0.15) is 0 Å². The van der Waals surface area contributed by atoms with Crippen molar-refractivity contribution in [3.8, 4) is 16.5 Å². The fraction of sp³-hybridized carbons (Fsp3) is 0.368. The van der Waals surface area contributed by atoms with Gasteiger partial charge in [-0.05, 0) is 43.3 Å². The Kier molecular flexibility index (Phi) is 6.34. The lowest BCUT2D eigenvalue weighted by Gasteiger charge is -2.15. The van der Waals surface area contributed by atoms with Crippen molar-refractivity contribution in [1.29, 1.82) is 0 Å². The highest BCUT2D eigenvalue weighted by Gasteiger charge is 2.16. The van der Waals surface area contributed by atoms with Crippen molar-refractivity contribution >= 4 is 23.1 Å². The molecule has 138 valence electrons. The number of benzene rings is 1. The van der Waals surface area contributed by atoms with Gasteiger partial charge in [-0.1, -0.05) is 36.0 Å². The molecular formula is C19H23N3O2S2. The zero-order chi connectivity index (χ0) is 18.5. The van der Waals surface area contributed by atoms with E-state index in [0.29, 0.717) is 5.75 Å². The molecule has 0 spiro atoms. The molecule has 1 aromatic carbocycles. The van der Waals surface area contributed by atoms with Gasteiger partial charge in [0.15, 0.2) is 11.0 Å². The lowest BCUT2D eigenvalue weighted by atomic mass is 10.1. The van der Waals surface area contributed by atoms with E-state index in [-0.39, 0.29) is 6.61 Å². The Balaban J connectivity index is 1.59. The second-order valence-corrected chi connectivity index (χ2v) is 7.96. The molecule has 7 heteroatoms. The molecule has 0 radical (unpaired) electrons. The molecule has 0 aliphatic rings. The van der Waals surface area contributed by atoms with Crippen molar-refractivity contribution in [3.63, 3.8) is 0 Å².